The second-order valence-corrected chi connectivity index (χ2v) is 17.6. The van der Waals surface area contributed by atoms with Crippen molar-refractivity contribution >= 4 is 106 Å². The van der Waals surface area contributed by atoms with E-state index in [0.717, 1.165) is 0 Å². The van der Waals surface area contributed by atoms with Crippen molar-refractivity contribution < 1.29 is 205 Å². The van der Waals surface area contributed by atoms with Crippen molar-refractivity contribution in [3.05, 3.63) is 66.7 Å². The van der Waals surface area contributed by atoms with Crippen LogP contribution in [0.5, 0.6) is 5.75 Å². The van der Waals surface area contributed by atoms with Gasteiger partial charge in [0.05, 0.1) is 62.8 Å². The minimum absolute atomic E-state index is 0. The molecule has 4 aromatic carbocycles. The van der Waals surface area contributed by atoms with Crippen molar-refractivity contribution in [3.8, 4) is 5.75 Å². The fraction of sp³-hybridized carbons (Fsp3) is 0.185. The molecule has 2 N–H and O–H groups in total. The Balaban J connectivity index is 0.00000900. The zero-order valence-corrected chi connectivity index (χ0v) is 44.8. The summed E-state index contributed by atoms with van der Waals surface area (Å²) in [5, 5.41) is 70.1. The Hall–Kier alpha value is 0.360. The van der Waals surface area contributed by atoms with Gasteiger partial charge < -0.3 is 30.7 Å². The summed E-state index contributed by atoms with van der Waals surface area (Å²) in [6.07, 6.45) is 0. The molecule has 310 valence electrons. The van der Waals surface area contributed by atoms with Crippen molar-refractivity contribution in [1.29, 1.82) is 0 Å². The van der Waals surface area contributed by atoms with E-state index in [1.165, 1.54) is 66.7 Å². The van der Waals surface area contributed by atoms with Crippen LogP contribution in [0.15, 0.2) is 102 Å². The number of sulfone groups is 2. The van der Waals surface area contributed by atoms with Gasteiger partial charge in [0, 0.05) is 10.8 Å². The second-order valence-electron chi connectivity index (χ2n) is 10.3. The minimum Gasteiger partial charge on any atom is -0.747 e. The van der Waals surface area contributed by atoms with E-state index in [2.05, 4.69) is 53.9 Å². The first-order chi connectivity index (χ1) is 27.2. The third kappa shape index (κ3) is 19.6. The van der Waals surface area contributed by atoms with Crippen LogP contribution in [-0.4, -0.2) is 65.5 Å². The zero-order valence-electron chi connectivity index (χ0n) is 31.9. The average molecular weight is 1010 g/mol. The molecule has 0 aliphatic rings. The molecule has 61 heavy (non-hydrogen) atoms. The van der Waals surface area contributed by atoms with E-state index in [1.54, 1.807) is 0 Å². The van der Waals surface area contributed by atoms with Crippen LogP contribution in [0.25, 0.3) is 10.8 Å². The number of hydrogen-bond donors (Lipinski definition) is 2. The van der Waals surface area contributed by atoms with E-state index in [1.807, 2.05) is 0 Å². The number of rotatable bonds is 24. The second kappa shape index (κ2) is 30.6. The van der Waals surface area contributed by atoms with Crippen LogP contribution in [0.1, 0.15) is 0 Å². The van der Waals surface area contributed by atoms with Gasteiger partial charge in [-0.3, -0.25) is 23.5 Å². The topological polar surface area (TPSA) is 350 Å². The van der Waals surface area contributed by atoms with Gasteiger partial charge in [-0.2, -0.15) is 9.45 Å². The van der Waals surface area contributed by atoms with Crippen LogP contribution < -0.4 is 139 Å². The maximum absolute atomic E-state index is 13.1. The number of aromatic hydroxyl groups is 1. The molecule has 0 saturated heterocycles. The van der Waals surface area contributed by atoms with Crippen LogP contribution in [0.4, 0.5) is 28.4 Å². The molecule has 0 spiro atoms. The summed E-state index contributed by atoms with van der Waals surface area (Å²) < 4.78 is 108. The molecule has 0 bridgehead atoms. The molecule has 0 amide bonds. The van der Waals surface area contributed by atoms with Gasteiger partial charge in [0.15, 0.2) is 50.1 Å². The average Bonchev–Trinajstić information content (AvgIpc) is 3.18. The first kappa shape index (κ1) is 61.4. The third-order valence-corrected chi connectivity index (χ3v) is 12.1. The maximum Gasteiger partial charge on any atom is 1.00 e. The van der Waals surface area contributed by atoms with E-state index in [9.17, 15) is 50.7 Å². The van der Waals surface area contributed by atoms with Crippen LogP contribution >= 0.6 is 36.7 Å². The van der Waals surface area contributed by atoms with Gasteiger partial charge >= 0.3 is 118 Å². The van der Waals surface area contributed by atoms with E-state index in [-0.39, 0.29) is 215 Å². The number of hydrogen-bond acceptors (Lipinski definition) is 27. The fourth-order valence-electron chi connectivity index (χ4n) is 4.41. The molecule has 34 heteroatoms. The Morgan fingerprint density at radius 1 is 0.656 bits per heavy atom. The number of anilines is 1. The van der Waals surface area contributed by atoms with Crippen molar-refractivity contribution in [2.24, 2.45) is 20.5 Å². The number of fused-ring (bicyclic) bond motifs is 1. The van der Waals surface area contributed by atoms with Crippen LogP contribution in [0.3, 0.4) is 0 Å². The summed E-state index contributed by atoms with van der Waals surface area (Å²) >= 11 is 0.509. The number of nitrogens with one attached hydrogen (secondary N) is 1. The van der Waals surface area contributed by atoms with Crippen molar-refractivity contribution in [2.75, 3.05) is 35.9 Å². The molecular weight excluding hydrogens is 983 g/mol. The summed E-state index contributed by atoms with van der Waals surface area (Å²) in [6.45, 7) is -0.796. The van der Waals surface area contributed by atoms with Gasteiger partial charge in [0.1, 0.15) is 33.1 Å². The molecule has 0 aliphatic heterocycles. The predicted octanol–water partition coefficient (Wildman–Crippen LogP) is -9.31. The smallest absolute Gasteiger partial charge is 0.747 e. The minimum atomic E-state index is -4.86. The number of benzene rings is 4. The summed E-state index contributed by atoms with van der Waals surface area (Å²) in [4.78, 5) is -0.594. The summed E-state index contributed by atoms with van der Waals surface area (Å²) in [6, 6.07) is 14.1. The molecule has 0 unspecified atom stereocenters. The molecular formula is C27H23N5Na4O19S6. The Kier molecular flexibility index (Phi) is 30.8. The Morgan fingerprint density at radius 2 is 1.23 bits per heavy atom. The van der Waals surface area contributed by atoms with Gasteiger partial charge in [-0.15, -0.1) is 24.0 Å². The SMILES string of the molecule is O=S(=O)([O-])CNc1ccc2c(O)c(N=Nc3ccc(S(=O)(=O)CCOSOO[O-])cc3)c(SOO[O-])cc2c1N=Nc1ccccc1S(=O)(=O)CCOSOO[O-].[Na+].[Na+].[Na+].[Na+]. The van der Waals surface area contributed by atoms with Gasteiger partial charge in [0.25, 0.3) is 0 Å². The number of phenols is 1. The summed E-state index contributed by atoms with van der Waals surface area (Å²) in [5.74, 6) is -2.83. The van der Waals surface area contributed by atoms with Crippen molar-refractivity contribution in [3.63, 3.8) is 0 Å². The monoisotopic (exact) mass is 1000 g/mol. The van der Waals surface area contributed by atoms with Crippen LogP contribution in [-0.2, 0) is 66.3 Å². The largest absolute Gasteiger partial charge is 1.00 e. The predicted molar refractivity (Wildman–Crippen MR) is 189 cm³/mol. The van der Waals surface area contributed by atoms with Crippen LogP contribution in [0, 0.1) is 0 Å². The zero-order chi connectivity index (χ0) is 41.5. The Bertz CT molecular complexity index is 2390. The molecule has 0 aromatic heterocycles. The first-order valence-corrected chi connectivity index (χ1v) is 21.8. The van der Waals surface area contributed by atoms with Gasteiger partial charge in [-0.1, -0.05) is 12.1 Å². The molecule has 0 fully saturated rings. The molecule has 4 rings (SSSR count). The normalized spacial score (nSPS) is 11.8. The van der Waals surface area contributed by atoms with E-state index in [4.69, 9.17) is 8.37 Å². The third-order valence-electron chi connectivity index (χ3n) is 6.79. The standard InChI is InChI=1S/C27H27N5O19S6.4Na/c33-27-19-9-10-22(28-16-57(41,42)43)25(31-30-21-3-1-2-4-24(21)56(39,40)14-12-45-54-51-48-36)20(19)15-23(52-49-46-34)26(27)32-29-17-5-7-18(8-6-17)55(37,38)13-11-44-53-50-47-35;;;;/h1-10,15,28,33-36H,11-14,16H2,(H,41,42,43);;;;/q;4*+1/p-4. The molecule has 0 heterocycles. The maximum atomic E-state index is 13.1. The number of nitrogens with zero attached hydrogens (tertiary/aromatic N) is 4. The van der Waals surface area contributed by atoms with Crippen molar-refractivity contribution in [1.82, 2.24) is 0 Å². The number of azo groups is 2. The van der Waals surface area contributed by atoms with Crippen LogP contribution in [0.2, 0.25) is 0 Å². The molecule has 4 aromatic rings. The van der Waals surface area contributed by atoms with E-state index < -0.39 is 59.5 Å². The quantitative estimate of drug-likeness (QED) is 0.0125. The molecule has 0 aliphatic carbocycles. The molecule has 0 atom stereocenters. The Labute approximate surface area is 448 Å². The number of phenolic OH excluding ortho intramolecular Hbond substituents is 1. The molecule has 0 saturated carbocycles. The van der Waals surface area contributed by atoms with Gasteiger partial charge in [-0.05, 0) is 54.6 Å². The molecule has 24 nitrogen and oxygen atoms in total. The summed E-state index contributed by atoms with van der Waals surface area (Å²) in [5.41, 5.74) is -0.797. The van der Waals surface area contributed by atoms with E-state index >= 15 is 0 Å². The van der Waals surface area contributed by atoms with E-state index in [0.29, 0.717) is 0 Å². The molecule has 0 radical (unpaired) electrons. The van der Waals surface area contributed by atoms with Gasteiger partial charge in [-0.25, -0.2) is 25.3 Å². The fourth-order valence-corrected chi connectivity index (χ4v) is 8.19. The Morgan fingerprint density at radius 3 is 1.82 bits per heavy atom. The van der Waals surface area contributed by atoms with Gasteiger partial charge in [0.2, 0.25) is 0 Å². The summed E-state index contributed by atoms with van der Waals surface area (Å²) in [7, 11) is -12.8. The first-order valence-electron chi connectivity index (χ1n) is 14.8. The van der Waals surface area contributed by atoms with Crippen molar-refractivity contribution in [2.45, 2.75) is 14.7 Å².